The lowest BCUT2D eigenvalue weighted by Gasteiger charge is -2.14. The summed E-state index contributed by atoms with van der Waals surface area (Å²) in [7, 11) is 0. The van der Waals surface area contributed by atoms with Crippen molar-refractivity contribution in [2.24, 2.45) is 0 Å². The maximum Gasteiger partial charge on any atom is 0.256 e. The van der Waals surface area contributed by atoms with Crippen LogP contribution in [0.5, 0.6) is 0 Å². The van der Waals surface area contributed by atoms with E-state index in [1.54, 1.807) is 24.3 Å². The fourth-order valence-corrected chi connectivity index (χ4v) is 1.65. The van der Waals surface area contributed by atoms with Crippen molar-refractivity contribution in [3.63, 3.8) is 0 Å². The first-order chi connectivity index (χ1) is 7.09. The van der Waals surface area contributed by atoms with Crippen LogP contribution in [-0.4, -0.2) is 23.7 Å². The predicted octanol–water partition coefficient (Wildman–Crippen LogP) is 1.60. The van der Waals surface area contributed by atoms with E-state index in [0.29, 0.717) is 5.02 Å². The summed E-state index contributed by atoms with van der Waals surface area (Å²) in [5.74, 6) is -0.232. The molecular formula is C11H10ClNO2. The van der Waals surface area contributed by atoms with Gasteiger partial charge in [0.25, 0.3) is 5.91 Å². The molecule has 0 bridgehead atoms. The first-order valence-corrected chi connectivity index (χ1v) is 4.91. The molecule has 0 aromatic heterocycles. The standard InChI is InChI=1S/C11H10ClNO2/c1-7-10(14)6-13(11(7)15)9-4-2-8(12)3-5-9/h2-5,10,14H,1,6H2/t10-/m1/s1. The lowest BCUT2D eigenvalue weighted by Crippen LogP contribution is -2.25. The number of rotatable bonds is 1. The largest absolute Gasteiger partial charge is 0.386 e. The molecule has 2 rings (SSSR count). The molecule has 1 fully saturated rings. The fourth-order valence-electron chi connectivity index (χ4n) is 1.53. The van der Waals surface area contributed by atoms with E-state index < -0.39 is 6.10 Å². The van der Waals surface area contributed by atoms with Crippen molar-refractivity contribution < 1.29 is 9.90 Å². The van der Waals surface area contributed by atoms with Crippen LogP contribution >= 0.6 is 11.6 Å². The minimum absolute atomic E-state index is 0.232. The Bertz CT molecular complexity index is 413. The van der Waals surface area contributed by atoms with Gasteiger partial charge < -0.3 is 10.0 Å². The van der Waals surface area contributed by atoms with Gasteiger partial charge in [0.15, 0.2) is 0 Å². The summed E-state index contributed by atoms with van der Waals surface area (Å²) in [6.07, 6.45) is -0.770. The SMILES string of the molecule is C=C1C(=O)N(c2ccc(Cl)cc2)C[C@H]1O. The molecule has 1 aliphatic rings. The highest BCUT2D eigenvalue weighted by Gasteiger charge is 2.32. The van der Waals surface area contributed by atoms with Crippen molar-refractivity contribution in [2.75, 3.05) is 11.4 Å². The number of aliphatic hydroxyl groups is 1. The number of halogens is 1. The van der Waals surface area contributed by atoms with Crippen LogP contribution in [0, 0.1) is 0 Å². The first-order valence-electron chi connectivity index (χ1n) is 4.54. The maximum atomic E-state index is 11.6. The van der Waals surface area contributed by atoms with Crippen molar-refractivity contribution in [3.05, 3.63) is 41.4 Å². The Labute approximate surface area is 92.6 Å². The zero-order valence-electron chi connectivity index (χ0n) is 7.98. The number of nitrogens with zero attached hydrogens (tertiary/aromatic N) is 1. The number of hydrogen-bond donors (Lipinski definition) is 1. The zero-order valence-corrected chi connectivity index (χ0v) is 8.74. The van der Waals surface area contributed by atoms with Crippen molar-refractivity contribution in [2.45, 2.75) is 6.10 Å². The number of benzene rings is 1. The number of carbonyl (C=O) groups excluding carboxylic acids is 1. The Morgan fingerprint density at radius 3 is 2.47 bits per heavy atom. The molecule has 1 aliphatic heterocycles. The predicted molar refractivity (Wildman–Crippen MR) is 59.0 cm³/mol. The summed E-state index contributed by atoms with van der Waals surface area (Å²) in [6, 6.07) is 6.90. The molecule has 15 heavy (non-hydrogen) atoms. The van der Waals surface area contributed by atoms with Gasteiger partial charge in [0, 0.05) is 16.3 Å². The van der Waals surface area contributed by atoms with E-state index in [1.165, 1.54) is 4.90 Å². The molecule has 1 N–H and O–H groups in total. The number of aliphatic hydroxyl groups excluding tert-OH is 1. The van der Waals surface area contributed by atoms with E-state index >= 15 is 0 Å². The van der Waals surface area contributed by atoms with E-state index in [2.05, 4.69) is 6.58 Å². The summed E-state index contributed by atoms with van der Waals surface area (Å²) in [5, 5.41) is 10.1. The normalized spacial score (nSPS) is 21.2. The summed E-state index contributed by atoms with van der Waals surface area (Å²) in [6.45, 7) is 3.81. The van der Waals surface area contributed by atoms with Gasteiger partial charge in [-0.3, -0.25) is 4.79 Å². The van der Waals surface area contributed by atoms with Gasteiger partial charge in [-0.2, -0.15) is 0 Å². The number of carbonyl (C=O) groups is 1. The molecule has 1 amide bonds. The van der Waals surface area contributed by atoms with Crippen LogP contribution < -0.4 is 4.90 Å². The molecule has 1 aromatic rings. The summed E-state index contributed by atoms with van der Waals surface area (Å²) in [4.78, 5) is 13.1. The monoisotopic (exact) mass is 223 g/mol. The van der Waals surface area contributed by atoms with E-state index in [4.69, 9.17) is 11.6 Å². The minimum Gasteiger partial charge on any atom is -0.386 e. The van der Waals surface area contributed by atoms with Gasteiger partial charge in [-0.05, 0) is 24.3 Å². The van der Waals surface area contributed by atoms with Gasteiger partial charge >= 0.3 is 0 Å². The van der Waals surface area contributed by atoms with Gasteiger partial charge in [0.1, 0.15) is 6.10 Å². The Balaban J connectivity index is 2.29. The first kappa shape index (κ1) is 10.2. The Hall–Kier alpha value is -1.32. The second kappa shape index (κ2) is 3.68. The van der Waals surface area contributed by atoms with E-state index in [1.807, 2.05) is 0 Å². The summed E-state index contributed by atoms with van der Waals surface area (Å²) < 4.78 is 0. The molecule has 0 spiro atoms. The lowest BCUT2D eigenvalue weighted by molar-refractivity contribution is -0.114. The highest BCUT2D eigenvalue weighted by atomic mass is 35.5. The van der Waals surface area contributed by atoms with Gasteiger partial charge in [-0.1, -0.05) is 18.2 Å². The molecule has 1 aromatic carbocycles. The highest BCUT2D eigenvalue weighted by Crippen LogP contribution is 2.25. The smallest absolute Gasteiger partial charge is 0.256 e. The average Bonchev–Trinajstić information content (AvgIpc) is 2.47. The van der Waals surface area contributed by atoms with Crippen LogP contribution in [0.3, 0.4) is 0 Å². The van der Waals surface area contributed by atoms with E-state index in [-0.39, 0.29) is 18.0 Å². The topological polar surface area (TPSA) is 40.5 Å². The molecule has 1 saturated heterocycles. The second-order valence-electron chi connectivity index (χ2n) is 3.43. The minimum atomic E-state index is -0.770. The molecule has 3 nitrogen and oxygen atoms in total. The Morgan fingerprint density at radius 2 is 2.00 bits per heavy atom. The molecule has 0 saturated carbocycles. The average molecular weight is 224 g/mol. The molecule has 0 aliphatic carbocycles. The Kier molecular flexibility index (Phi) is 2.50. The summed E-state index contributed by atoms with van der Waals surface area (Å²) >= 11 is 5.74. The quantitative estimate of drug-likeness (QED) is 0.735. The molecule has 4 heteroatoms. The molecule has 78 valence electrons. The second-order valence-corrected chi connectivity index (χ2v) is 3.87. The van der Waals surface area contributed by atoms with Crippen LogP contribution in [0.2, 0.25) is 5.02 Å². The third-order valence-corrected chi connectivity index (χ3v) is 2.67. The molecular weight excluding hydrogens is 214 g/mol. The number of hydrogen-bond acceptors (Lipinski definition) is 2. The van der Waals surface area contributed by atoms with Gasteiger partial charge in [-0.25, -0.2) is 0 Å². The molecule has 1 atom stereocenters. The van der Waals surface area contributed by atoms with Crippen LogP contribution in [-0.2, 0) is 4.79 Å². The van der Waals surface area contributed by atoms with Crippen molar-refractivity contribution >= 4 is 23.2 Å². The van der Waals surface area contributed by atoms with Crippen LogP contribution in [0.25, 0.3) is 0 Å². The Morgan fingerprint density at radius 1 is 1.40 bits per heavy atom. The van der Waals surface area contributed by atoms with E-state index in [9.17, 15) is 9.90 Å². The van der Waals surface area contributed by atoms with Crippen molar-refractivity contribution in [3.8, 4) is 0 Å². The van der Waals surface area contributed by atoms with Crippen LogP contribution in [0.15, 0.2) is 36.4 Å². The lowest BCUT2D eigenvalue weighted by atomic mass is 10.2. The van der Waals surface area contributed by atoms with Gasteiger partial charge in [-0.15, -0.1) is 0 Å². The fraction of sp³-hybridized carbons (Fsp3) is 0.182. The van der Waals surface area contributed by atoms with E-state index in [0.717, 1.165) is 5.69 Å². The molecule has 0 unspecified atom stereocenters. The van der Waals surface area contributed by atoms with Crippen molar-refractivity contribution in [1.29, 1.82) is 0 Å². The third kappa shape index (κ3) is 1.76. The van der Waals surface area contributed by atoms with Crippen LogP contribution in [0.1, 0.15) is 0 Å². The number of anilines is 1. The van der Waals surface area contributed by atoms with Crippen molar-refractivity contribution in [1.82, 2.24) is 0 Å². The molecule has 0 radical (unpaired) electrons. The van der Waals surface area contributed by atoms with Gasteiger partial charge in [0.05, 0.1) is 6.54 Å². The highest BCUT2D eigenvalue weighted by molar-refractivity contribution is 6.30. The van der Waals surface area contributed by atoms with Gasteiger partial charge in [0.2, 0.25) is 0 Å². The number of β-amino-alcohol motifs (C(OH)–C–C–N with tert-alkyl or cyclic N) is 1. The molecule has 1 heterocycles. The maximum absolute atomic E-state index is 11.6. The third-order valence-electron chi connectivity index (χ3n) is 2.42. The number of amides is 1. The summed E-state index contributed by atoms with van der Waals surface area (Å²) in [5.41, 5.74) is 0.965. The van der Waals surface area contributed by atoms with Crippen LogP contribution in [0.4, 0.5) is 5.69 Å². The zero-order chi connectivity index (χ0) is 11.0.